The van der Waals surface area contributed by atoms with Gasteiger partial charge in [0.1, 0.15) is 11.9 Å². The van der Waals surface area contributed by atoms with E-state index >= 15 is 0 Å². The first-order chi connectivity index (χ1) is 19.2. The molecule has 1 aliphatic heterocycles. The summed E-state index contributed by atoms with van der Waals surface area (Å²) in [6.45, 7) is 11.1. The number of methoxy groups -OCH3 is 1. The van der Waals surface area contributed by atoms with Crippen molar-refractivity contribution in [2.45, 2.75) is 44.3 Å². The highest BCUT2D eigenvalue weighted by molar-refractivity contribution is 7.97. The lowest BCUT2D eigenvalue weighted by atomic mass is 10.1. The number of aromatic amines is 1. The summed E-state index contributed by atoms with van der Waals surface area (Å²) in [5.74, 6) is -0.328. The summed E-state index contributed by atoms with van der Waals surface area (Å²) in [4.78, 5) is 32.6. The van der Waals surface area contributed by atoms with Crippen molar-refractivity contribution in [3.05, 3.63) is 70.9 Å². The molecule has 9 nitrogen and oxygen atoms in total. The lowest BCUT2D eigenvalue weighted by Crippen LogP contribution is -2.57. The monoisotopic (exact) mass is 584 g/mol. The molecule has 1 amide bonds. The number of carbonyl (C=O) groups excluding carboxylic acids is 2. The van der Waals surface area contributed by atoms with Gasteiger partial charge >= 0.3 is 5.97 Å². The Morgan fingerprint density at radius 3 is 2.62 bits per heavy atom. The number of nitrogens with one attached hydrogen (secondary N) is 2. The molecule has 0 bridgehead atoms. The van der Waals surface area contributed by atoms with E-state index in [1.165, 1.54) is 19.1 Å². The Bertz CT molecular complexity index is 1250. The van der Waals surface area contributed by atoms with Crippen LogP contribution in [-0.4, -0.2) is 76.6 Å². The van der Waals surface area contributed by atoms with E-state index in [1.54, 1.807) is 16.8 Å². The number of H-pyrrole nitrogens is 1. The molecule has 1 fully saturated rings. The Balaban J connectivity index is 0.00000274. The van der Waals surface area contributed by atoms with Gasteiger partial charge in [0.2, 0.25) is 5.91 Å². The lowest BCUT2D eigenvalue weighted by molar-refractivity contribution is -0.156. The maximum absolute atomic E-state index is 13.2. The summed E-state index contributed by atoms with van der Waals surface area (Å²) in [6, 6.07) is 10.7. The van der Waals surface area contributed by atoms with Crippen LogP contribution in [0.1, 0.15) is 42.7 Å². The second-order valence-corrected chi connectivity index (χ2v) is 10.7. The van der Waals surface area contributed by atoms with Gasteiger partial charge < -0.3 is 19.5 Å². The van der Waals surface area contributed by atoms with E-state index in [0.717, 1.165) is 28.3 Å². The molecular formula is C29H37ClN6O3S. The summed E-state index contributed by atoms with van der Waals surface area (Å²) in [5.41, 5.74) is 3.61. The number of hydrogen-bond donors (Lipinski definition) is 2. The summed E-state index contributed by atoms with van der Waals surface area (Å²) in [6.07, 6.45) is 3.05. The van der Waals surface area contributed by atoms with Crippen LogP contribution in [0.25, 0.3) is 6.08 Å². The number of nitriles is 1. The Morgan fingerprint density at radius 1 is 1.38 bits per heavy atom. The molecule has 0 saturated carbocycles. The highest BCUT2D eigenvalue weighted by Crippen LogP contribution is 2.30. The van der Waals surface area contributed by atoms with E-state index in [0.29, 0.717) is 35.9 Å². The number of hydrogen-bond acceptors (Lipinski definition) is 7. The molecule has 1 atom stereocenters. The first-order valence-electron chi connectivity index (χ1n) is 12.8. The van der Waals surface area contributed by atoms with Crippen LogP contribution in [0.2, 0.25) is 0 Å². The van der Waals surface area contributed by atoms with Crippen molar-refractivity contribution in [2.24, 2.45) is 0 Å². The summed E-state index contributed by atoms with van der Waals surface area (Å²) < 4.78 is 6.91. The van der Waals surface area contributed by atoms with E-state index < -0.39 is 12.0 Å². The zero-order valence-electron chi connectivity index (χ0n) is 23.5. The molecule has 2 aromatic rings. The first kappa shape index (κ1) is 32.7. The van der Waals surface area contributed by atoms with Gasteiger partial charge in [0, 0.05) is 43.0 Å². The van der Waals surface area contributed by atoms with Crippen LogP contribution < -0.4 is 0 Å². The minimum atomic E-state index is -0.756. The number of nitrogens with zero attached hydrogens (tertiary/aromatic N) is 4. The summed E-state index contributed by atoms with van der Waals surface area (Å²) in [7, 11) is 3.10. The topological polar surface area (TPSA) is 117 Å². The molecule has 1 unspecified atom stereocenters. The zero-order chi connectivity index (χ0) is 29.8. The summed E-state index contributed by atoms with van der Waals surface area (Å²) in [5, 5.41) is 18.7. The Morgan fingerprint density at radius 2 is 2.05 bits per heavy atom. The quantitative estimate of drug-likeness (QED) is 0.132. The van der Waals surface area contributed by atoms with E-state index in [1.807, 2.05) is 47.6 Å². The Kier molecular flexibility index (Phi) is 13.0. The predicted octanol–water partition coefficient (Wildman–Crippen LogP) is 5.04. The molecule has 1 saturated heterocycles. The molecule has 0 spiro atoms. The molecule has 214 valence electrons. The average molecular weight is 585 g/mol. The molecule has 1 aromatic carbocycles. The van der Waals surface area contributed by atoms with E-state index in [9.17, 15) is 9.59 Å². The van der Waals surface area contributed by atoms with Crippen molar-refractivity contribution in [3.63, 3.8) is 0 Å². The van der Waals surface area contributed by atoms with Gasteiger partial charge in [-0.25, -0.2) is 9.10 Å². The fourth-order valence-corrected chi connectivity index (χ4v) is 5.34. The number of rotatable bonds is 10. The summed E-state index contributed by atoms with van der Waals surface area (Å²) >= 11 is 7.48. The predicted molar refractivity (Wildman–Crippen MR) is 161 cm³/mol. The minimum Gasteiger partial charge on any atom is -0.467 e. The normalized spacial score (nSPS) is 15.6. The van der Waals surface area contributed by atoms with Gasteiger partial charge in [-0.2, -0.15) is 5.26 Å². The number of aromatic nitrogens is 1. The van der Waals surface area contributed by atoms with Gasteiger partial charge in [0.25, 0.3) is 0 Å². The van der Waals surface area contributed by atoms with Crippen molar-refractivity contribution in [1.29, 1.82) is 10.7 Å². The Hall–Kier alpha value is -3.52. The van der Waals surface area contributed by atoms with E-state index in [2.05, 4.69) is 31.1 Å². The SMILES string of the molecule is C=C.CCc1[nH]c(SN2CC(=O)N(Cc3ccc(C(=N)N(C)CCC#N)cc3)C(C(=O)OC)C2)cc1/C=C(\C)Cl. The van der Waals surface area contributed by atoms with Crippen molar-refractivity contribution in [1.82, 2.24) is 19.1 Å². The van der Waals surface area contributed by atoms with Crippen LogP contribution in [0.4, 0.5) is 0 Å². The second kappa shape index (κ2) is 15.9. The average Bonchev–Trinajstić information content (AvgIpc) is 3.33. The van der Waals surface area contributed by atoms with Crippen LogP contribution in [0.3, 0.4) is 0 Å². The zero-order valence-corrected chi connectivity index (χ0v) is 25.1. The van der Waals surface area contributed by atoms with Crippen molar-refractivity contribution < 1.29 is 14.3 Å². The number of piperazine rings is 1. The number of ether oxygens (including phenoxy) is 1. The second-order valence-electron chi connectivity index (χ2n) is 9.00. The Labute approximate surface area is 246 Å². The van der Waals surface area contributed by atoms with Crippen LogP contribution in [0.5, 0.6) is 0 Å². The number of carbonyl (C=O) groups is 2. The molecule has 2 heterocycles. The molecule has 40 heavy (non-hydrogen) atoms. The van der Waals surface area contributed by atoms with Gasteiger partial charge in [-0.1, -0.05) is 42.8 Å². The minimum absolute atomic E-state index is 0.144. The van der Waals surface area contributed by atoms with Crippen LogP contribution in [0, 0.1) is 16.7 Å². The molecule has 0 aliphatic carbocycles. The van der Waals surface area contributed by atoms with Crippen molar-refractivity contribution in [3.8, 4) is 6.07 Å². The van der Waals surface area contributed by atoms with Gasteiger partial charge in [0.15, 0.2) is 0 Å². The van der Waals surface area contributed by atoms with E-state index in [-0.39, 0.29) is 19.0 Å². The fourth-order valence-electron chi connectivity index (χ4n) is 4.20. The molecular weight excluding hydrogens is 548 g/mol. The van der Waals surface area contributed by atoms with Gasteiger partial charge in [-0.15, -0.1) is 13.2 Å². The number of aryl methyl sites for hydroxylation is 1. The third-order valence-corrected chi connectivity index (χ3v) is 7.29. The molecule has 1 aliphatic rings. The van der Waals surface area contributed by atoms with Crippen LogP contribution >= 0.6 is 23.5 Å². The molecule has 0 radical (unpaired) electrons. The molecule has 1 aromatic heterocycles. The standard InChI is InChI=1S/C27H33ClN6O3S.C2H4/c1-5-22-21(13-18(2)28)14-24(31-22)38-33-16-23(27(36)37-4)34(25(35)17-33)15-19-7-9-20(10-8-19)26(30)32(3)12-6-11-29;1-2/h7-10,13-14,23,30-31H,5-6,12,15-17H2,1-4H3;1-2H2/b18-13+,30-26?;. The van der Waals surface area contributed by atoms with Crippen molar-refractivity contribution >= 4 is 47.3 Å². The maximum Gasteiger partial charge on any atom is 0.329 e. The van der Waals surface area contributed by atoms with Crippen LogP contribution in [-0.2, 0) is 27.3 Å². The highest BCUT2D eigenvalue weighted by Gasteiger charge is 2.38. The number of allylic oxidation sites excluding steroid dienone is 1. The highest BCUT2D eigenvalue weighted by atomic mass is 35.5. The van der Waals surface area contributed by atoms with E-state index in [4.69, 9.17) is 27.0 Å². The number of esters is 1. The third-order valence-electron chi connectivity index (χ3n) is 6.22. The smallest absolute Gasteiger partial charge is 0.329 e. The maximum atomic E-state index is 13.2. The fraction of sp³-hybridized carbons (Fsp3) is 0.379. The largest absolute Gasteiger partial charge is 0.467 e. The lowest BCUT2D eigenvalue weighted by Gasteiger charge is -2.38. The molecule has 2 N–H and O–H groups in total. The van der Waals surface area contributed by atoms with Crippen molar-refractivity contribution in [2.75, 3.05) is 33.8 Å². The van der Waals surface area contributed by atoms with Crippen LogP contribution in [0.15, 0.2) is 53.5 Å². The van der Waals surface area contributed by atoms with Gasteiger partial charge in [-0.05, 0) is 48.6 Å². The third kappa shape index (κ3) is 8.74. The molecule has 3 rings (SSSR count). The molecule has 11 heteroatoms. The van der Waals surface area contributed by atoms with Gasteiger partial charge in [0.05, 0.1) is 31.2 Å². The number of amidine groups is 1. The first-order valence-corrected chi connectivity index (χ1v) is 13.9. The number of halogens is 1. The number of amides is 1. The number of benzene rings is 1. The van der Waals surface area contributed by atoms with Gasteiger partial charge in [-0.3, -0.25) is 10.2 Å².